The Kier molecular flexibility index (Phi) is 9.21. The van der Waals surface area contributed by atoms with Gasteiger partial charge in [0.1, 0.15) is 5.82 Å². The molecule has 0 atom stereocenters. The van der Waals surface area contributed by atoms with E-state index < -0.39 is 0 Å². The van der Waals surface area contributed by atoms with Gasteiger partial charge >= 0.3 is 0 Å². The van der Waals surface area contributed by atoms with Crippen molar-refractivity contribution in [2.75, 3.05) is 43.9 Å². The number of hydrogen-bond donors (Lipinski definition) is 2. The Morgan fingerprint density at radius 2 is 1.76 bits per heavy atom. The second-order valence-electron chi connectivity index (χ2n) is 7.12. The summed E-state index contributed by atoms with van der Waals surface area (Å²) in [5.41, 5.74) is 12.9. The van der Waals surface area contributed by atoms with E-state index >= 15 is 0 Å². The molecule has 0 amide bonds. The molecule has 1 aliphatic carbocycles. The van der Waals surface area contributed by atoms with Crippen LogP contribution in [0.5, 0.6) is 0 Å². The smallest absolute Gasteiger partial charge is 0.222 e. The quantitative estimate of drug-likeness (QED) is 0.802. The van der Waals surface area contributed by atoms with E-state index in [-0.39, 0.29) is 24.8 Å². The monoisotopic (exact) mass is 390 g/mol. The summed E-state index contributed by atoms with van der Waals surface area (Å²) in [6, 6.07) is 2.41. The highest BCUT2D eigenvalue weighted by Gasteiger charge is 2.29. The van der Waals surface area contributed by atoms with Crippen molar-refractivity contribution in [1.82, 2.24) is 14.9 Å². The van der Waals surface area contributed by atoms with Gasteiger partial charge in [-0.25, -0.2) is 4.98 Å². The second kappa shape index (κ2) is 10.4. The van der Waals surface area contributed by atoms with Gasteiger partial charge in [0.25, 0.3) is 0 Å². The number of anilines is 2. The normalized spacial score (nSPS) is 23.6. The summed E-state index contributed by atoms with van der Waals surface area (Å²) in [6.45, 7) is 4.51. The van der Waals surface area contributed by atoms with Crippen molar-refractivity contribution in [2.24, 2.45) is 5.73 Å². The number of aromatic nitrogens is 2. The maximum atomic E-state index is 5.92. The summed E-state index contributed by atoms with van der Waals surface area (Å²) in [6.07, 6.45) is 7.43. The van der Waals surface area contributed by atoms with Gasteiger partial charge in [0.2, 0.25) is 5.95 Å². The Balaban J connectivity index is 0.00000156. The minimum atomic E-state index is 0. The highest BCUT2D eigenvalue weighted by Crippen LogP contribution is 2.35. The average molecular weight is 391 g/mol. The van der Waals surface area contributed by atoms with E-state index in [9.17, 15) is 0 Å². The van der Waals surface area contributed by atoms with Crippen molar-refractivity contribution in [3.05, 3.63) is 11.8 Å². The lowest BCUT2D eigenvalue weighted by Crippen LogP contribution is -2.36. The van der Waals surface area contributed by atoms with Gasteiger partial charge in [0.15, 0.2) is 0 Å². The minimum Gasteiger partial charge on any atom is -0.368 e. The number of hydrogen-bond acceptors (Lipinski definition) is 6. The summed E-state index contributed by atoms with van der Waals surface area (Å²) in [5, 5.41) is 0. The molecular weight excluding hydrogens is 359 g/mol. The largest absolute Gasteiger partial charge is 0.368 e. The van der Waals surface area contributed by atoms with Crippen LogP contribution in [0.4, 0.5) is 11.8 Å². The van der Waals surface area contributed by atoms with Gasteiger partial charge in [-0.3, -0.25) is 0 Å². The Hall–Kier alpha value is -0.820. The van der Waals surface area contributed by atoms with E-state index in [4.69, 9.17) is 11.5 Å². The van der Waals surface area contributed by atoms with E-state index in [1.54, 1.807) is 0 Å². The molecule has 0 radical (unpaired) electrons. The highest BCUT2D eigenvalue weighted by atomic mass is 35.5. The lowest BCUT2D eigenvalue weighted by molar-refractivity contribution is 0.291. The van der Waals surface area contributed by atoms with Crippen LogP contribution < -0.4 is 16.4 Å². The van der Waals surface area contributed by atoms with E-state index in [2.05, 4.69) is 32.9 Å². The fourth-order valence-electron chi connectivity index (χ4n) is 3.55. The molecule has 0 unspecified atom stereocenters. The van der Waals surface area contributed by atoms with E-state index in [1.807, 2.05) is 0 Å². The molecule has 4 N–H and O–H groups in total. The maximum Gasteiger partial charge on any atom is 0.222 e. The van der Waals surface area contributed by atoms with E-state index in [0.717, 1.165) is 37.4 Å². The van der Waals surface area contributed by atoms with Crippen LogP contribution in [0.1, 0.15) is 50.1 Å². The van der Waals surface area contributed by atoms with Crippen LogP contribution in [0.15, 0.2) is 6.07 Å². The molecule has 0 bridgehead atoms. The molecule has 2 fully saturated rings. The molecule has 144 valence electrons. The van der Waals surface area contributed by atoms with Gasteiger partial charge in [0.05, 0.1) is 5.69 Å². The van der Waals surface area contributed by atoms with Crippen molar-refractivity contribution in [3.63, 3.8) is 0 Å². The first-order chi connectivity index (χ1) is 11.1. The molecule has 3 rings (SSSR count). The van der Waals surface area contributed by atoms with Gasteiger partial charge in [0, 0.05) is 38.2 Å². The molecular formula is C17H32Cl2N6. The van der Waals surface area contributed by atoms with Crippen molar-refractivity contribution in [1.29, 1.82) is 0 Å². The number of likely N-dealkylation sites (N-methyl/N-ethyl adjacent to an activating group) is 1. The summed E-state index contributed by atoms with van der Waals surface area (Å²) in [7, 11) is 2.09. The van der Waals surface area contributed by atoms with Crippen molar-refractivity contribution in [2.45, 2.75) is 50.5 Å². The fourth-order valence-corrected chi connectivity index (χ4v) is 3.55. The van der Waals surface area contributed by atoms with Gasteiger partial charge in [-0.15, -0.1) is 24.8 Å². The lowest BCUT2D eigenvalue weighted by atomic mass is 9.78. The molecule has 8 heteroatoms. The average Bonchev–Trinajstić information content (AvgIpc) is 2.77. The predicted octanol–water partition coefficient (Wildman–Crippen LogP) is 2.42. The zero-order valence-corrected chi connectivity index (χ0v) is 16.7. The van der Waals surface area contributed by atoms with Crippen molar-refractivity contribution >= 4 is 36.6 Å². The van der Waals surface area contributed by atoms with Crippen LogP contribution in [0.2, 0.25) is 0 Å². The molecule has 0 spiro atoms. The van der Waals surface area contributed by atoms with Gasteiger partial charge in [-0.05, 0) is 38.8 Å². The summed E-state index contributed by atoms with van der Waals surface area (Å²) >= 11 is 0. The van der Waals surface area contributed by atoms with Gasteiger partial charge < -0.3 is 21.3 Å². The Morgan fingerprint density at radius 3 is 2.36 bits per heavy atom. The first-order valence-electron chi connectivity index (χ1n) is 8.95. The zero-order chi connectivity index (χ0) is 16.2. The number of likely N-dealkylation sites (tertiary alicyclic amines) is 1. The number of halogens is 2. The van der Waals surface area contributed by atoms with Crippen LogP contribution in [-0.2, 0) is 0 Å². The number of nitrogen functional groups attached to an aromatic ring is 1. The molecule has 2 aliphatic rings. The predicted molar refractivity (Wildman–Crippen MR) is 109 cm³/mol. The Labute approximate surface area is 163 Å². The molecule has 1 aromatic rings. The van der Waals surface area contributed by atoms with E-state index in [0.29, 0.717) is 17.9 Å². The van der Waals surface area contributed by atoms with Crippen molar-refractivity contribution < 1.29 is 0 Å². The number of nitrogens with zero attached hydrogens (tertiary/aromatic N) is 4. The van der Waals surface area contributed by atoms with E-state index in [1.165, 1.54) is 38.8 Å². The van der Waals surface area contributed by atoms with Gasteiger partial charge in [-0.2, -0.15) is 4.98 Å². The number of rotatable bonds is 5. The molecule has 0 aromatic carbocycles. The summed E-state index contributed by atoms with van der Waals surface area (Å²) in [4.78, 5) is 13.6. The number of nitrogens with two attached hydrogens (primary N) is 2. The minimum absolute atomic E-state index is 0. The molecule has 1 saturated heterocycles. The van der Waals surface area contributed by atoms with Crippen LogP contribution in [-0.4, -0.2) is 54.1 Å². The molecule has 1 aliphatic heterocycles. The Morgan fingerprint density at radius 1 is 1.12 bits per heavy atom. The first kappa shape index (κ1) is 22.2. The Bertz CT molecular complexity index is 516. The highest BCUT2D eigenvalue weighted by molar-refractivity contribution is 5.85. The fraction of sp³-hybridized carbons (Fsp3) is 0.765. The van der Waals surface area contributed by atoms with Crippen LogP contribution in [0.3, 0.4) is 0 Å². The second-order valence-corrected chi connectivity index (χ2v) is 7.12. The van der Waals surface area contributed by atoms with Crippen LogP contribution >= 0.6 is 24.8 Å². The SMILES string of the molecule is CN(CCN1CCCCCC1)c1cc(C2CC(N)C2)nc(N)n1.Cl.Cl. The third-order valence-corrected chi connectivity index (χ3v) is 5.18. The molecule has 6 nitrogen and oxygen atoms in total. The maximum absolute atomic E-state index is 5.92. The molecule has 2 heterocycles. The zero-order valence-electron chi connectivity index (χ0n) is 15.1. The lowest BCUT2D eigenvalue weighted by Gasteiger charge is -2.32. The molecule has 1 saturated carbocycles. The van der Waals surface area contributed by atoms with Crippen LogP contribution in [0, 0.1) is 0 Å². The molecule has 1 aromatic heterocycles. The first-order valence-corrected chi connectivity index (χ1v) is 8.95. The van der Waals surface area contributed by atoms with Crippen LogP contribution in [0.25, 0.3) is 0 Å². The van der Waals surface area contributed by atoms with Gasteiger partial charge in [-0.1, -0.05) is 12.8 Å². The summed E-state index contributed by atoms with van der Waals surface area (Å²) in [5.74, 6) is 1.76. The van der Waals surface area contributed by atoms with Crippen molar-refractivity contribution in [3.8, 4) is 0 Å². The molecule has 25 heavy (non-hydrogen) atoms. The summed E-state index contributed by atoms with van der Waals surface area (Å²) < 4.78 is 0. The third-order valence-electron chi connectivity index (χ3n) is 5.18. The standard InChI is InChI=1S/C17H30N6.2ClH/c1-22(8-9-23-6-4-2-3-5-7-23)16-12-15(20-17(19)21-16)13-10-14(18)11-13;;/h12-14H,2-11,18H2,1H3,(H2,19,20,21);2*1H. The topological polar surface area (TPSA) is 84.3 Å². The third kappa shape index (κ3) is 6.13.